The van der Waals surface area contributed by atoms with E-state index in [1.165, 1.54) is 38.2 Å². The summed E-state index contributed by atoms with van der Waals surface area (Å²) in [6.07, 6.45) is 1.71. The van der Waals surface area contributed by atoms with E-state index in [4.69, 9.17) is 10.6 Å². The third kappa shape index (κ3) is 2.93. The molecule has 10 heteroatoms. The van der Waals surface area contributed by atoms with Crippen molar-refractivity contribution >= 4 is 28.1 Å². The normalized spacial score (nSPS) is 11.1. The number of nitrogens with zero attached hydrogens (tertiary/aromatic N) is 5. The summed E-state index contributed by atoms with van der Waals surface area (Å²) in [4.78, 5) is 17.2. The van der Waals surface area contributed by atoms with Crippen molar-refractivity contribution in [2.45, 2.75) is 10.9 Å². The van der Waals surface area contributed by atoms with E-state index in [1.807, 2.05) is 29.6 Å². The summed E-state index contributed by atoms with van der Waals surface area (Å²) in [6, 6.07) is 8.98. The zero-order chi connectivity index (χ0) is 18.1. The lowest BCUT2D eigenvalue weighted by Crippen LogP contribution is -2.13. The molecule has 0 aliphatic rings. The van der Waals surface area contributed by atoms with Crippen LogP contribution in [-0.4, -0.2) is 31.4 Å². The fourth-order valence-electron chi connectivity index (χ4n) is 2.49. The highest BCUT2D eigenvalue weighted by molar-refractivity contribution is 7.98. The number of nitrogens with two attached hydrogens (primary N) is 1. The predicted octanol–water partition coefficient (Wildman–Crippen LogP) is 2.03. The highest BCUT2D eigenvalue weighted by Gasteiger charge is 2.16. The van der Waals surface area contributed by atoms with Gasteiger partial charge in [0.05, 0.1) is 18.4 Å². The van der Waals surface area contributed by atoms with E-state index in [-0.39, 0.29) is 5.56 Å². The van der Waals surface area contributed by atoms with Gasteiger partial charge in [-0.15, -0.1) is 21.5 Å². The zero-order valence-corrected chi connectivity index (χ0v) is 15.3. The average molecular weight is 386 g/mol. The molecule has 0 amide bonds. The Labute approximate surface area is 156 Å². The number of hydrogen-bond donors (Lipinski definition) is 1. The van der Waals surface area contributed by atoms with Gasteiger partial charge in [0.1, 0.15) is 5.75 Å². The molecule has 2 N–H and O–H groups in total. The van der Waals surface area contributed by atoms with Crippen LogP contribution in [0.5, 0.6) is 5.75 Å². The quantitative estimate of drug-likeness (QED) is 0.414. The maximum absolute atomic E-state index is 12.0. The molecule has 0 atom stereocenters. The van der Waals surface area contributed by atoms with Crippen LogP contribution in [-0.2, 0) is 5.75 Å². The first-order valence-electron chi connectivity index (χ1n) is 7.60. The molecule has 4 aromatic rings. The molecular formula is C16H14N6O2S2. The summed E-state index contributed by atoms with van der Waals surface area (Å²) in [5.41, 5.74) is 1.33. The molecule has 0 spiro atoms. The molecule has 0 fully saturated rings. The van der Waals surface area contributed by atoms with Crippen molar-refractivity contribution in [3.8, 4) is 17.1 Å². The van der Waals surface area contributed by atoms with Crippen molar-refractivity contribution in [2.75, 3.05) is 13.0 Å². The summed E-state index contributed by atoms with van der Waals surface area (Å²) >= 11 is 2.78. The van der Waals surface area contributed by atoms with E-state index in [2.05, 4.69) is 15.2 Å². The van der Waals surface area contributed by atoms with Crippen LogP contribution in [0.25, 0.3) is 16.3 Å². The van der Waals surface area contributed by atoms with E-state index in [1.54, 1.807) is 13.3 Å². The average Bonchev–Trinajstić information content (AvgIpc) is 3.27. The number of methoxy groups -OCH3 is 1. The SMILES string of the molecule is COc1ccccc1-c1nnc(SCc2cc(=O)n3ccsc3n2)n1N. The zero-order valence-electron chi connectivity index (χ0n) is 13.7. The number of nitrogen functional groups attached to an aromatic ring is 1. The largest absolute Gasteiger partial charge is 0.496 e. The van der Waals surface area contributed by atoms with E-state index < -0.39 is 0 Å². The van der Waals surface area contributed by atoms with Crippen molar-refractivity contribution in [2.24, 2.45) is 0 Å². The lowest BCUT2D eigenvalue weighted by Gasteiger charge is -2.07. The maximum atomic E-state index is 12.0. The molecule has 0 aliphatic heterocycles. The topological polar surface area (TPSA) is 100 Å². The highest BCUT2D eigenvalue weighted by Crippen LogP contribution is 2.30. The van der Waals surface area contributed by atoms with Crippen LogP contribution in [0.15, 0.2) is 51.9 Å². The minimum Gasteiger partial charge on any atom is -0.496 e. The van der Waals surface area contributed by atoms with Crippen LogP contribution < -0.4 is 16.1 Å². The minimum absolute atomic E-state index is 0.101. The molecular weight excluding hydrogens is 372 g/mol. The summed E-state index contributed by atoms with van der Waals surface area (Å²) < 4.78 is 8.28. The van der Waals surface area contributed by atoms with E-state index in [0.29, 0.717) is 33.1 Å². The van der Waals surface area contributed by atoms with Gasteiger partial charge in [0.15, 0.2) is 10.8 Å². The molecule has 1 aromatic carbocycles. The van der Waals surface area contributed by atoms with Gasteiger partial charge in [-0.1, -0.05) is 23.9 Å². The molecule has 0 unspecified atom stereocenters. The standard InChI is InChI=1S/C16H14N6O2S2/c1-24-12-5-3-2-4-11(12)14-19-20-16(22(14)17)26-9-10-8-13(23)21-6-7-25-15(21)18-10/h2-8H,9,17H2,1H3. The summed E-state index contributed by atoms with van der Waals surface area (Å²) in [5, 5.41) is 10.7. The highest BCUT2D eigenvalue weighted by atomic mass is 32.2. The molecule has 0 saturated carbocycles. The van der Waals surface area contributed by atoms with Crippen LogP contribution in [0, 0.1) is 0 Å². The molecule has 132 valence electrons. The van der Waals surface area contributed by atoms with Crippen LogP contribution in [0.4, 0.5) is 0 Å². The summed E-state index contributed by atoms with van der Waals surface area (Å²) in [5.74, 6) is 7.80. The third-order valence-corrected chi connectivity index (χ3v) is 5.45. The van der Waals surface area contributed by atoms with Crippen molar-refractivity contribution < 1.29 is 4.74 Å². The molecule has 8 nitrogen and oxygen atoms in total. The smallest absolute Gasteiger partial charge is 0.258 e. The van der Waals surface area contributed by atoms with Gasteiger partial charge in [0.2, 0.25) is 5.16 Å². The van der Waals surface area contributed by atoms with Gasteiger partial charge in [-0.2, -0.15) is 0 Å². The Morgan fingerprint density at radius 1 is 1.31 bits per heavy atom. The van der Waals surface area contributed by atoms with Gasteiger partial charge in [-0.3, -0.25) is 9.20 Å². The Morgan fingerprint density at radius 2 is 2.15 bits per heavy atom. The van der Waals surface area contributed by atoms with E-state index in [9.17, 15) is 4.79 Å². The number of rotatable bonds is 5. The lowest BCUT2D eigenvalue weighted by atomic mass is 10.2. The second-order valence-corrected chi connectivity index (χ2v) is 7.12. The number of thiazole rings is 1. The Balaban J connectivity index is 1.59. The lowest BCUT2D eigenvalue weighted by molar-refractivity contribution is 0.416. The molecule has 0 saturated heterocycles. The first kappa shape index (κ1) is 16.6. The second-order valence-electron chi connectivity index (χ2n) is 5.31. The van der Waals surface area contributed by atoms with Gasteiger partial charge < -0.3 is 10.6 Å². The van der Waals surface area contributed by atoms with Crippen LogP contribution in [0.1, 0.15) is 5.69 Å². The van der Waals surface area contributed by atoms with Gasteiger partial charge >= 0.3 is 0 Å². The third-order valence-electron chi connectivity index (χ3n) is 3.72. The molecule has 0 bridgehead atoms. The van der Waals surface area contributed by atoms with Crippen molar-refractivity contribution in [1.29, 1.82) is 0 Å². The molecule has 3 aromatic heterocycles. The van der Waals surface area contributed by atoms with Crippen molar-refractivity contribution in [3.63, 3.8) is 0 Å². The summed E-state index contributed by atoms with van der Waals surface area (Å²) in [7, 11) is 1.59. The van der Waals surface area contributed by atoms with E-state index in [0.717, 1.165) is 5.56 Å². The van der Waals surface area contributed by atoms with Gasteiger partial charge in [-0.05, 0) is 12.1 Å². The Kier molecular flexibility index (Phi) is 4.35. The van der Waals surface area contributed by atoms with E-state index >= 15 is 0 Å². The predicted molar refractivity (Wildman–Crippen MR) is 101 cm³/mol. The number of benzene rings is 1. The van der Waals surface area contributed by atoms with Crippen molar-refractivity contribution in [3.05, 3.63) is 58.0 Å². The minimum atomic E-state index is -0.101. The first-order valence-corrected chi connectivity index (χ1v) is 9.46. The fraction of sp³-hybridized carbons (Fsp3) is 0.125. The van der Waals surface area contributed by atoms with Crippen LogP contribution in [0.2, 0.25) is 0 Å². The van der Waals surface area contributed by atoms with Gasteiger partial charge in [0, 0.05) is 23.4 Å². The fourth-order valence-corrected chi connectivity index (χ4v) is 3.98. The van der Waals surface area contributed by atoms with Gasteiger partial charge in [0.25, 0.3) is 5.56 Å². The molecule has 3 heterocycles. The number of para-hydroxylation sites is 1. The number of aromatic nitrogens is 5. The number of fused-ring (bicyclic) bond motifs is 1. The molecule has 26 heavy (non-hydrogen) atoms. The molecule has 4 rings (SSSR count). The Hall–Kier alpha value is -2.85. The monoisotopic (exact) mass is 386 g/mol. The number of ether oxygens (including phenoxy) is 1. The summed E-state index contributed by atoms with van der Waals surface area (Å²) in [6.45, 7) is 0. The van der Waals surface area contributed by atoms with Crippen LogP contribution >= 0.6 is 23.1 Å². The Bertz CT molecular complexity index is 1130. The Morgan fingerprint density at radius 3 is 3.00 bits per heavy atom. The van der Waals surface area contributed by atoms with Gasteiger partial charge in [-0.25, -0.2) is 9.66 Å². The maximum Gasteiger partial charge on any atom is 0.258 e. The first-order chi connectivity index (χ1) is 12.7. The number of thioether (sulfide) groups is 1. The molecule has 0 radical (unpaired) electrons. The number of hydrogen-bond acceptors (Lipinski definition) is 8. The van der Waals surface area contributed by atoms with Crippen LogP contribution in [0.3, 0.4) is 0 Å². The second kappa shape index (κ2) is 6.81. The van der Waals surface area contributed by atoms with Crippen molar-refractivity contribution in [1.82, 2.24) is 24.3 Å². The molecule has 0 aliphatic carbocycles.